The molecule has 1 saturated heterocycles. The Labute approximate surface area is 243 Å². The molecular formula is C31H46F3N3O2S. The van der Waals surface area contributed by atoms with Crippen molar-refractivity contribution in [3.63, 3.8) is 0 Å². The third-order valence-electron chi connectivity index (χ3n) is 6.68. The van der Waals surface area contributed by atoms with Crippen LogP contribution in [0.25, 0.3) is 0 Å². The van der Waals surface area contributed by atoms with Crippen LogP contribution >= 0.6 is 11.8 Å². The monoisotopic (exact) mass is 581 g/mol. The molecule has 0 N–H and O–H groups in total. The third-order valence-corrected chi connectivity index (χ3v) is 7.81. The summed E-state index contributed by atoms with van der Waals surface area (Å²) >= 11 is 1.52. The number of anilines is 2. The van der Waals surface area contributed by atoms with Crippen molar-refractivity contribution in [2.24, 2.45) is 0 Å². The summed E-state index contributed by atoms with van der Waals surface area (Å²) < 4.78 is 45.6. The van der Waals surface area contributed by atoms with Gasteiger partial charge in [-0.25, -0.2) is 0 Å². The topological polar surface area (TPSA) is 36.0 Å². The van der Waals surface area contributed by atoms with Gasteiger partial charge in [0.1, 0.15) is 6.61 Å². The van der Waals surface area contributed by atoms with Gasteiger partial charge < -0.3 is 14.5 Å². The Morgan fingerprint density at radius 1 is 0.850 bits per heavy atom. The van der Waals surface area contributed by atoms with Crippen molar-refractivity contribution in [1.82, 2.24) is 9.80 Å². The molecule has 0 amide bonds. The lowest BCUT2D eigenvalue weighted by molar-refractivity contribution is -0.144. The summed E-state index contributed by atoms with van der Waals surface area (Å²) in [6, 6.07) is 11.9. The maximum absolute atomic E-state index is 13.4. The van der Waals surface area contributed by atoms with Crippen molar-refractivity contribution in [2.75, 3.05) is 57.3 Å². The number of ether oxygens (including phenoxy) is 1. The van der Waals surface area contributed by atoms with Gasteiger partial charge in [0.2, 0.25) is 0 Å². The molecule has 224 valence electrons. The van der Waals surface area contributed by atoms with E-state index < -0.39 is 11.7 Å². The lowest BCUT2D eigenvalue weighted by Crippen LogP contribution is -2.47. The van der Waals surface area contributed by atoms with Crippen LogP contribution in [0.4, 0.5) is 24.5 Å². The Hall–Kier alpha value is -2.23. The number of carbonyl (C=O) groups is 1. The van der Waals surface area contributed by atoms with Gasteiger partial charge in [-0.3, -0.25) is 9.69 Å². The number of halogens is 3. The van der Waals surface area contributed by atoms with E-state index in [9.17, 15) is 18.0 Å². The molecule has 0 aliphatic carbocycles. The first-order valence-electron chi connectivity index (χ1n) is 14.7. The van der Waals surface area contributed by atoms with E-state index >= 15 is 0 Å². The molecule has 9 heteroatoms. The normalized spacial score (nSPS) is 15.2. The van der Waals surface area contributed by atoms with Crippen molar-refractivity contribution < 1.29 is 22.7 Å². The number of unbranched alkanes of at least 4 members (excludes halogenated alkanes) is 1. The van der Waals surface area contributed by atoms with Crippen LogP contribution < -0.4 is 4.90 Å². The highest BCUT2D eigenvalue weighted by molar-refractivity contribution is 7.99. The first-order chi connectivity index (χ1) is 19.3. The first kappa shape index (κ1) is 34.0. The summed E-state index contributed by atoms with van der Waals surface area (Å²) in [6.07, 6.45) is -1.16. The van der Waals surface area contributed by atoms with Crippen LogP contribution in [0.3, 0.4) is 0 Å². The number of hydrogen-bond acceptors (Lipinski definition) is 6. The molecule has 2 aliphatic rings. The smallest absolute Gasteiger partial charge is 0.416 e. The van der Waals surface area contributed by atoms with Crippen LogP contribution in [0.5, 0.6) is 0 Å². The maximum atomic E-state index is 13.4. The molecule has 2 heterocycles. The number of fused-ring (bicyclic) bond motifs is 2. The zero-order valence-electron chi connectivity index (χ0n) is 24.7. The molecule has 4 rings (SSSR count). The zero-order chi connectivity index (χ0) is 29.5. The molecule has 40 heavy (non-hydrogen) atoms. The van der Waals surface area contributed by atoms with Crippen LogP contribution in [0, 0.1) is 0 Å². The Morgan fingerprint density at radius 3 is 2.12 bits per heavy atom. The molecule has 2 aliphatic heterocycles. The molecule has 0 spiro atoms. The quantitative estimate of drug-likeness (QED) is 0.264. The zero-order valence-corrected chi connectivity index (χ0v) is 25.5. The van der Waals surface area contributed by atoms with E-state index in [1.807, 2.05) is 56.9 Å². The number of carbonyl (C=O) groups excluding carboxylic acids is 1. The Kier molecular flexibility index (Phi) is 14.9. The van der Waals surface area contributed by atoms with Crippen LogP contribution in [0.1, 0.15) is 65.9 Å². The lowest BCUT2D eigenvalue weighted by atomic mass is 10.1. The fourth-order valence-electron chi connectivity index (χ4n) is 4.62. The van der Waals surface area contributed by atoms with Crippen LogP contribution in [-0.2, 0) is 15.7 Å². The van der Waals surface area contributed by atoms with Crippen molar-refractivity contribution in [3.8, 4) is 0 Å². The number of hydrogen-bond donors (Lipinski definition) is 0. The number of piperazine rings is 1. The molecule has 1 fully saturated rings. The van der Waals surface area contributed by atoms with E-state index in [1.54, 1.807) is 6.07 Å². The maximum Gasteiger partial charge on any atom is 0.416 e. The molecule has 5 nitrogen and oxygen atoms in total. The second-order valence-corrected chi connectivity index (χ2v) is 10.3. The van der Waals surface area contributed by atoms with E-state index in [-0.39, 0.29) is 5.97 Å². The van der Waals surface area contributed by atoms with Crippen LogP contribution in [-0.4, -0.2) is 68.2 Å². The minimum atomic E-state index is -4.37. The van der Waals surface area contributed by atoms with Crippen molar-refractivity contribution in [1.29, 1.82) is 0 Å². The lowest BCUT2D eigenvalue weighted by Gasteiger charge is -2.36. The minimum Gasteiger partial charge on any atom is -0.464 e. The molecule has 0 aromatic heterocycles. The molecule has 0 atom stereocenters. The van der Waals surface area contributed by atoms with Crippen molar-refractivity contribution in [3.05, 3.63) is 48.0 Å². The largest absolute Gasteiger partial charge is 0.464 e. The second kappa shape index (κ2) is 17.6. The van der Waals surface area contributed by atoms with Crippen LogP contribution in [0.15, 0.2) is 52.3 Å². The highest BCUT2D eigenvalue weighted by atomic mass is 32.2. The van der Waals surface area contributed by atoms with Gasteiger partial charge in [0.15, 0.2) is 0 Å². The summed E-state index contributed by atoms with van der Waals surface area (Å²) in [6.45, 7) is 16.5. The number of esters is 1. The highest BCUT2D eigenvalue weighted by Crippen LogP contribution is 2.49. The third kappa shape index (κ3) is 10.00. The predicted molar refractivity (Wildman–Crippen MR) is 160 cm³/mol. The highest BCUT2D eigenvalue weighted by Gasteiger charge is 2.33. The number of para-hydroxylation sites is 1. The van der Waals surface area contributed by atoms with E-state index in [0.717, 1.165) is 74.0 Å². The van der Waals surface area contributed by atoms with Crippen molar-refractivity contribution >= 4 is 29.1 Å². The summed E-state index contributed by atoms with van der Waals surface area (Å²) in [4.78, 5) is 20.3. The van der Waals surface area contributed by atoms with Gasteiger partial charge in [0.25, 0.3) is 0 Å². The standard InChI is InChI=1S/C27H34F3N3O2S.2C2H6/c1-2-3-9-26(34)35-19-18-32-16-14-31(15-17-32)12-6-13-33-22-7-4-5-8-24(22)36-25-11-10-21(20-23(25)33)27(28,29)30;2*1-2/h4-5,7-8,10-11,20H,2-3,6,9,12-19H2,1H3;2*1-2H3. The summed E-state index contributed by atoms with van der Waals surface area (Å²) in [5.74, 6) is -0.114. The SMILES string of the molecule is CC.CC.CCCCC(=O)OCCN1CCN(CCCN2c3ccccc3Sc3ccc(C(F)(F)F)cc32)CC1. The molecular weight excluding hydrogens is 535 g/mol. The molecule has 0 saturated carbocycles. The summed E-state index contributed by atoms with van der Waals surface area (Å²) in [7, 11) is 0. The number of nitrogens with zero attached hydrogens (tertiary/aromatic N) is 3. The molecule has 2 aromatic carbocycles. The van der Waals surface area contributed by atoms with Gasteiger partial charge in [-0.15, -0.1) is 0 Å². The van der Waals surface area contributed by atoms with Gasteiger partial charge in [-0.2, -0.15) is 13.2 Å². The molecule has 0 unspecified atom stereocenters. The predicted octanol–water partition coefficient (Wildman–Crippen LogP) is 8.10. The molecule has 2 aromatic rings. The first-order valence-corrected chi connectivity index (χ1v) is 15.5. The van der Waals surface area contributed by atoms with E-state index in [4.69, 9.17) is 4.74 Å². The van der Waals surface area contributed by atoms with Gasteiger partial charge in [0, 0.05) is 55.5 Å². The number of benzene rings is 2. The van der Waals surface area contributed by atoms with Gasteiger partial charge in [0.05, 0.1) is 16.9 Å². The Bertz CT molecular complexity index is 1030. The van der Waals surface area contributed by atoms with Crippen LogP contribution in [0.2, 0.25) is 0 Å². The van der Waals surface area contributed by atoms with Gasteiger partial charge in [-0.05, 0) is 49.7 Å². The Balaban J connectivity index is 0.00000134. The van der Waals surface area contributed by atoms with E-state index in [2.05, 4.69) is 16.7 Å². The Morgan fingerprint density at radius 2 is 1.48 bits per heavy atom. The fraction of sp³-hybridized carbons (Fsp3) is 0.581. The van der Waals surface area contributed by atoms with Gasteiger partial charge >= 0.3 is 12.1 Å². The molecule has 0 bridgehead atoms. The minimum absolute atomic E-state index is 0.114. The summed E-state index contributed by atoms with van der Waals surface area (Å²) in [5.41, 5.74) is 0.984. The van der Waals surface area contributed by atoms with E-state index in [1.165, 1.54) is 23.9 Å². The fourth-order valence-corrected chi connectivity index (χ4v) is 5.69. The average Bonchev–Trinajstić information content (AvgIpc) is 2.98. The number of rotatable bonds is 10. The molecule has 0 radical (unpaired) electrons. The number of alkyl halides is 3. The van der Waals surface area contributed by atoms with Crippen molar-refractivity contribution in [2.45, 2.75) is 76.3 Å². The summed E-state index contributed by atoms with van der Waals surface area (Å²) in [5, 5.41) is 0. The van der Waals surface area contributed by atoms with E-state index in [0.29, 0.717) is 25.3 Å². The second-order valence-electron chi connectivity index (χ2n) is 9.26. The van der Waals surface area contributed by atoms with Gasteiger partial charge in [-0.1, -0.05) is 64.9 Å². The average molecular weight is 582 g/mol.